The number of nitro groups is 1. The van der Waals surface area contributed by atoms with Crippen LogP contribution in [0.2, 0.25) is 0 Å². The maximum absolute atomic E-state index is 12.5. The maximum atomic E-state index is 12.5. The number of sulfonamides is 1. The summed E-state index contributed by atoms with van der Waals surface area (Å²) in [5.41, 5.74) is 2.03. The van der Waals surface area contributed by atoms with Crippen molar-refractivity contribution in [2.45, 2.75) is 4.90 Å². The Labute approximate surface area is 120 Å². The zero-order chi connectivity index (χ0) is 14.8. The highest BCUT2D eigenvalue weighted by Gasteiger charge is 2.29. The molecule has 1 saturated heterocycles. The van der Waals surface area contributed by atoms with Gasteiger partial charge in [-0.1, -0.05) is 0 Å². The smallest absolute Gasteiger partial charge is 0.271 e. The minimum Gasteiger partial charge on any atom is -0.323 e. The summed E-state index contributed by atoms with van der Waals surface area (Å²) >= 11 is 1.69. The SMILES string of the molecule is NNc1cc([N+](=O)[O-])ccc1S(=O)(=O)N1CCSCC1. The molecule has 110 valence electrons. The van der Waals surface area contributed by atoms with Gasteiger partial charge in [0.2, 0.25) is 10.0 Å². The van der Waals surface area contributed by atoms with Gasteiger partial charge in [-0.3, -0.25) is 16.0 Å². The normalized spacial score (nSPS) is 16.9. The van der Waals surface area contributed by atoms with Gasteiger partial charge in [-0.2, -0.15) is 16.1 Å². The molecule has 0 unspecified atom stereocenters. The lowest BCUT2D eigenvalue weighted by molar-refractivity contribution is -0.384. The van der Waals surface area contributed by atoms with Gasteiger partial charge >= 0.3 is 0 Å². The number of hydrogen-bond donors (Lipinski definition) is 2. The zero-order valence-corrected chi connectivity index (χ0v) is 12.1. The lowest BCUT2D eigenvalue weighted by Crippen LogP contribution is -2.38. The highest BCUT2D eigenvalue weighted by molar-refractivity contribution is 7.99. The predicted molar refractivity (Wildman–Crippen MR) is 77.0 cm³/mol. The third kappa shape index (κ3) is 2.87. The van der Waals surface area contributed by atoms with Crippen molar-refractivity contribution in [2.75, 3.05) is 30.0 Å². The lowest BCUT2D eigenvalue weighted by Gasteiger charge is -2.26. The summed E-state index contributed by atoms with van der Waals surface area (Å²) in [6.07, 6.45) is 0. The quantitative estimate of drug-likeness (QED) is 0.474. The number of rotatable bonds is 4. The fraction of sp³-hybridized carbons (Fsp3) is 0.400. The average molecular weight is 318 g/mol. The minimum atomic E-state index is -3.69. The molecule has 8 nitrogen and oxygen atoms in total. The second-order valence-electron chi connectivity index (χ2n) is 4.10. The van der Waals surface area contributed by atoms with Gasteiger partial charge < -0.3 is 5.43 Å². The maximum Gasteiger partial charge on any atom is 0.271 e. The van der Waals surface area contributed by atoms with Crippen LogP contribution < -0.4 is 11.3 Å². The number of nitrogens with two attached hydrogens (primary N) is 1. The van der Waals surface area contributed by atoms with E-state index in [-0.39, 0.29) is 16.3 Å². The Balaban J connectivity index is 2.42. The van der Waals surface area contributed by atoms with Crippen molar-refractivity contribution in [1.29, 1.82) is 0 Å². The van der Waals surface area contributed by atoms with Gasteiger partial charge in [0, 0.05) is 36.7 Å². The van der Waals surface area contributed by atoms with E-state index >= 15 is 0 Å². The summed E-state index contributed by atoms with van der Waals surface area (Å²) in [5, 5.41) is 10.7. The van der Waals surface area contributed by atoms with Crippen molar-refractivity contribution in [2.24, 2.45) is 5.84 Å². The van der Waals surface area contributed by atoms with Crippen molar-refractivity contribution >= 4 is 33.2 Å². The van der Waals surface area contributed by atoms with E-state index in [4.69, 9.17) is 5.84 Å². The molecule has 0 spiro atoms. The molecule has 1 aliphatic heterocycles. The first kappa shape index (κ1) is 15.0. The highest BCUT2D eigenvalue weighted by Crippen LogP contribution is 2.29. The number of benzene rings is 1. The third-order valence-corrected chi connectivity index (χ3v) is 5.82. The Bertz CT molecular complexity index is 614. The summed E-state index contributed by atoms with van der Waals surface area (Å²) in [5.74, 6) is 6.75. The number of hydrazine groups is 1. The second-order valence-corrected chi connectivity index (χ2v) is 7.23. The van der Waals surface area contributed by atoms with Crippen LogP contribution in [0.25, 0.3) is 0 Å². The molecule has 0 radical (unpaired) electrons. The van der Waals surface area contributed by atoms with Crippen LogP contribution in [0.1, 0.15) is 0 Å². The van der Waals surface area contributed by atoms with Gasteiger partial charge in [0.25, 0.3) is 5.69 Å². The number of non-ortho nitro benzene ring substituents is 1. The molecule has 1 fully saturated rings. The van der Waals surface area contributed by atoms with Crippen LogP contribution in [0.5, 0.6) is 0 Å². The number of nitrogens with zero attached hydrogens (tertiary/aromatic N) is 2. The van der Waals surface area contributed by atoms with E-state index in [1.165, 1.54) is 10.4 Å². The highest BCUT2D eigenvalue weighted by atomic mass is 32.2. The Kier molecular flexibility index (Phi) is 4.48. The van der Waals surface area contributed by atoms with Gasteiger partial charge in [-0.25, -0.2) is 8.42 Å². The molecule has 0 bridgehead atoms. The van der Waals surface area contributed by atoms with Crippen molar-refractivity contribution in [3.05, 3.63) is 28.3 Å². The molecular formula is C10H14N4O4S2. The van der Waals surface area contributed by atoms with Crippen LogP contribution in [0, 0.1) is 10.1 Å². The summed E-state index contributed by atoms with van der Waals surface area (Å²) in [4.78, 5) is 10.1. The first-order chi connectivity index (χ1) is 9.46. The fourth-order valence-electron chi connectivity index (χ4n) is 1.90. The molecule has 1 aliphatic rings. The van der Waals surface area contributed by atoms with E-state index in [1.807, 2.05) is 0 Å². The molecule has 0 aromatic heterocycles. The standard InChI is InChI=1S/C10H14N4O4S2/c11-12-9-7-8(14(15)16)1-2-10(9)20(17,18)13-3-5-19-6-4-13/h1-2,7,12H,3-6,11H2. The molecule has 2 rings (SSSR count). The van der Waals surface area contributed by atoms with Crippen molar-refractivity contribution < 1.29 is 13.3 Å². The number of hydrogen-bond acceptors (Lipinski definition) is 7. The average Bonchev–Trinajstić information content (AvgIpc) is 2.47. The van der Waals surface area contributed by atoms with E-state index in [0.717, 1.165) is 23.6 Å². The first-order valence-corrected chi connectivity index (χ1v) is 8.39. The molecule has 1 aromatic rings. The molecule has 3 N–H and O–H groups in total. The zero-order valence-electron chi connectivity index (χ0n) is 10.5. The van der Waals surface area contributed by atoms with Gasteiger partial charge in [-0.15, -0.1) is 0 Å². The van der Waals surface area contributed by atoms with Gasteiger partial charge in [0.05, 0.1) is 10.6 Å². The Morgan fingerprint density at radius 3 is 2.55 bits per heavy atom. The Morgan fingerprint density at radius 1 is 1.35 bits per heavy atom. The summed E-state index contributed by atoms with van der Waals surface area (Å²) < 4.78 is 26.4. The number of nitrogen functional groups attached to an aromatic ring is 1. The molecular weight excluding hydrogens is 304 g/mol. The number of anilines is 1. The van der Waals surface area contributed by atoms with E-state index < -0.39 is 14.9 Å². The second kappa shape index (κ2) is 5.95. The van der Waals surface area contributed by atoms with Crippen LogP contribution in [0.4, 0.5) is 11.4 Å². The van der Waals surface area contributed by atoms with Crippen LogP contribution in [-0.4, -0.2) is 42.2 Å². The number of thioether (sulfide) groups is 1. The first-order valence-electron chi connectivity index (χ1n) is 5.80. The van der Waals surface area contributed by atoms with E-state index in [0.29, 0.717) is 13.1 Å². The molecule has 1 aromatic carbocycles. The topological polar surface area (TPSA) is 119 Å². The van der Waals surface area contributed by atoms with Crippen molar-refractivity contribution in [1.82, 2.24) is 4.31 Å². The Morgan fingerprint density at radius 2 is 2.00 bits per heavy atom. The molecule has 0 saturated carbocycles. The van der Waals surface area contributed by atoms with Crippen molar-refractivity contribution in [3.63, 3.8) is 0 Å². The molecule has 20 heavy (non-hydrogen) atoms. The molecule has 1 heterocycles. The van der Waals surface area contributed by atoms with Gasteiger partial charge in [0.15, 0.2) is 0 Å². The minimum absolute atomic E-state index is 0.0254. The van der Waals surface area contributed by atoms with E-state index in [1.54, 1.807) is 11.8 Å². The van der Waals surface area contributed by atoms with Crippen LogP contribution in [-0.2, 0) is 10.0 Å². The summed E-state index contributed by atoms with van der Waals surface area (Å²) in [7, 11) is -3.69. The van der Waals surface area contributed by atoms with Crippen LogP contribution in [0.3, 0.4) is 0 Å². The van der Waals surface area contributed by atoms with Crippen molar-refractivity contribution in [3.8, 4) is 0 Å². The summed E-state index contributed by atoms with van der Waals surface area (Å²) in [6.45, 7) is 0.849. The monoisotopic (exact) mass is 318 g/mol. The predicted octanol–water partition coefficient (Wildman–Crippen LogP) is 0.618. The molecule has 0 atom stereocenters. The fourth-order valence-corrected chi connectivity index (χ4v) is 4.61. The van der Waals surface area contributed by atoms with Crippen LogP contribution >= 0.6 is 11.8 Å². The number of nitrogens with one attached hydrogen (secondary N) is 1. The van der Waals surface area contributed by atoms with E-state index in [9.17, 15) is 18.5 Å². The number of nitro benzene ring substituents is 1. The summed E-state index contributed by atoms with van der Waals surface area (Å²) in [6, 6.07) is 3.49. The Hall–Kier alpha value is -1.36. The van der Waals surface area contributed by atoms with Crippen LogP contribution in [0.15, 0.2) is 23.1 Å². The lowest BCUT2D eigenvalue weighted by atomic mass is 10.3. The van der Waals surface area contributed by atoms with Gasteiger partial charge in [0.1, 0.15) is 4.90 Å². The van der Waals surface area contributed by atoms with E-state index in [2.05, 4.69) is 5.43 Å². The molecule has 10 heteroatoms. The molecule has 0 amide bonds. The largest absolute Gasteiger partial charge is 0.323 e. The molecule has 0 aliphatic carbocycles. The third-order valence-electron chi connectivity index (χ3n) is 2.92. The van der Waals surface area contributed by atoms with Gasteiger partial charge in [-0.05, 0) is 6.07 Å².